The fourth-order valence-corrected chi connectivity index (χ4v) is 12.5. The van der Waals surface area contributed by atoms with Crippen molar-refractivity contribution in [3.8, 4) is 49.8 Å². The number of benzene rings is 5. The number of ether oxygens (including phenoxy) is 3. The van der Waals surface area contributed by atoms with Crippen LogP contribution in [0.1, 0.15) is 19.5 Å². The molecule has 7 rings (SSSR count). The third-order valence-corrected chi connectivity index (χ3v) is 17.6. The summed E-state index contributed by atoms with van der Waals surface area (Å²) in [7, 11) is -13.8. The van der Waals surface area contributed by atoms with Crippen LogP contribution < -0.4 is 33.1 Å². The van der Waals surface area contributed by atoms with E-state index in [1.165, 1.54) is 113 Å². The smallest absolute Gasteiger partial charge is 0.265 e. The van der Waals surface area contributed by atoms with Crippen molar-refractivity contribution >= 4 is 84.4 Å². The van der Waals surface area contributed by atoms with Crippen LogP contribution in [-0.4, -0.2) is 68.2 Å². The normalized spacial score (nSPS) is 12.1. The van der Waals surface area contributed by atoms with E-state index in [-0.39, 0.29) is 75.6 Å². The predicted octanol–water partition coefficient (Wildman–Crippen LogP) is 8.31. The fraction of sp³-hybridized carbons (Fsp3) is 0.143. The van der Waals surface area contributed by atoms with Gasteiger partial charge in [-0.25, -0.2) is 38.7 Å². The van der Waals surface area contributed by atoms with Crippen LogP contribution in [0.5, 0.6) is 28.9 Å². The molecule has 5 N–H and O–H groups in total. The van der Waals surface area contributed by atoms with E-state index in [2.05, 4.69) is 28.9 Å². The molecule has 2 heterocycles. The van der Waals surface area contributed by atoms with Gasteiger partial charge < -0.3 is 19.3 Å². The number of hydrogen-bond acceptors (Lipinski definition) is 16. The zero-order chi connectivity index (χ0) is 47.6. The third kappa shape index (κ3) is 10.6. The molecule has 66 heavy (non-hydrogen) atoms. The predicted molar refractivity (Wildman–Crippen MR) is 254 cm³/mol. The number of phenols is 1. The van der Waals surface area contributed by atoms with E-state index in [0.717, 1.165) is 22.7 Å². The summed E-state index contributed by atoms with van der Waals surface area (Å²) in [4.78, 5) is 8.98. The number of nitrogens with one attached hydrogen (secondary N) is 4. The van der Waals surface area contributed by atoms with E-state index in [1.54, 1.807) is 37.3 Å². The number of aromatic hydroxyl groups is 1. The summed E-state index contributed by atoms with van der Waals surface area (Å²) in [6.07, 6.45) is 0. The summed E-state index contributed by atoms with van der Waals surface area (Å²) >= 11 is 1.91. The summed E-state index contributed by atoms with van der Waals surface area (Å²) < 4.78 is 134. The Balaban J connectivity index is 1.19. The summed E-state index contributed by atoms with van der Waals surface area (Å²) in [5.74, 6) is -0.0251. The molecule has 0 aliphatic heterocycles. The molecule has 0 fully saturated rings. The van der Waals surface area contributed by atoms with Crippen molar-refractivity contribution in [1.82, 2.24) is 9.97 Å². The second-order valence-electron chi connectivity index (χ2n) is 14.3. The van der Waals surface area contributed by atoms with Gasteiger partial charge in [-0.3, -0.25) is 18.9 Å². The Kier molecular flexibility index (Phi) is 13.5. The van der Waals surface area contributed by atoms with Gasteiger partial charge in [0, 0.05) is 11.4 Å². The van der Waals surface area contributed by atoms with E-state index in [4.69, 9.17) is 14.2 Å². The van der Waals surface area contributed by atoms with E-state index in [1.807, 2.05) is 0 Å². The molecule has 0 aliphatic carbocycles. The lowest BCUT2D eigenvalue weighted by Crippen LogP contribution is -2.22. The van der Waals surface area contributed by atoms with Crippen LogP contribution in [0.4, 0.5) is 21.6 Å². The maximum absolute atomic E-state index is 13.9. The van der Waals surface area contributed by atoms with Crippen LogP contribution in [-0.2, 0) is 40.1 Å². The Morgan fingerprint density at radius 1 is 0.576 bits per heavy atom. The second kappa shape index (κ2) is 18.8. The zero-order valence-corrected chi connectivity index (χ0v) is 40.2. The fourth-order valence-electron chi connectivity index (χ4n) is 6.03. The highest BCUT2D eigenvalue weighted by Gasteiger charge is 2.27. The first-order valence-electron chi connectivity index (χ1n) is 19.2. The van der Waals surface area contributed by atoms with Gasteiger partial charge in [-0.2, -0.15) is 4.98 Å². The van der Waals surface area contributed by atoms with Gasteiger partial charge in [-0.15, -0.1) is 0 Å². The first-order chi connectivity index (χ1) is 31.2. The molecule has 24 heteroatoms. The lowest BCUT2D eigenvalue weighted by atomic mass is 10.1. The molecule has 0 spiro atoms. The van der Waals surface area contributed by atoms with Crippen molar-refractivity contribution in [3.63, 3.8) is 0 Å². The molecule has 0 amide bonds. The number of methoxy groups -OCH3 is 2. The molecule has 0 aliphatic rings. The molecule has 0 atom stereocenters. The molecule has 346 valence electrons. The van der Waals surface area contributed by atoms with Gasteiger partial charge in [0.25, 0.3) is 30.1 Å². The van der Waals surface area contributed by atoms with Gasteiger partial charge in [0.05, 0.1) is 34.9 Å². The van der Waals surface area contributed by atoms with E-state index in [0.29, 0.717) is 16.1 Å². The summed E-state index contributed by atoms with van der Waals surface area (Å²) in [5, 5.41) is 8.99. The molecule has 5 aromatic carbocycles. The Morgan fingerprint density at radius 3 is 1.61 bits per heavy atom. The maximum Gasteiger partial charge on any atom is 0.265 e. The minimum Gasteiger partial charge on any atom is -0.508 e. The van der Waals surface area contributed by atoms with Crippen LogP contribution in [0, 0.1) is 6.92 Å². The highest BCUT2D eigenvalue weighted by Crippen LogP contribution is 2.44. The van der Waals surface area contributed by atoms with Gasteiger partial charge in [0.2, 0.25) is 21.0 Å². The number of nitrogens with zero attached hydrogens (tertiary/aromatic N) is 2. The van der Waals surface area contributed by atoms with Crippen molar-refractivity contribution in [2.45, 2.75) is 40.7 Å². The molecule has 0 bridgehead atoms. The number of anilines is 4. The summed E-state index contributed by atoms with van der Waals surface area (Å²) in [5.41, 5.74) is 1.46. The monoisotopic (exact) mass is 1010 g/mol. The van der Waals surface area contributed by atoms with Gasteiger partial charge in [-0.1, -0.05) is 40.9 Å². The van der Waals surface area contributed by atoms with Crippen molar-refractivity contribution in [2.75, 3.05) is 33.1 Å². The lowest BCUT2D eigenvalue weighted by molar-refractivity contribution is 0.403. The van der Waals surface area contributed by atoms with E-state index >= 15 is 0 Å². The zero-order valence-electron chi connectivity index (χ0n) is 35.3. The third-order valence-electron chi connectivity index (χ3n) is 9.39. The Morgan fingerprint density at radius 2 is 1.08 bits per heavy atom. The molecule has 0 saturated carbocycles. The molecule has 0 unspecified atom stereocenters. The lowest BCUT2D eigenvalue weighted by Gasteiger charge is -2.14. The highest BCUT2D eigenvalue weighted by molar-refractivity contribution is 7.94. The molecule has 18 nitrogen and oxygen atoms in total. The van der Waals surface area contributed by atoms with Crippen LogP contribution in [0.15, 0.2) is 130 Å². The van der Waals surface area contributed by atoms with Crippen molar-refractivity contribution in [1.29, 1.82) is 0 Å². The van der Waals surface area contributed by atoms with Gasteiger partial charge in [-0.05, 0) is 129 Å². The minimum atomic E-state index is -4.32. The number of aromatic nitrogens is 2. The van der Waals surface area contributed by atoms with Crippen molar-refractivity contribution in [3.05, 3.63) is 121 Å². The van der Waals surface area contributed by atoms with Crippen LogP contribution in [0.25, 0.3) is 20.9 Å². The molecule has 7 aromatic rings. The van der Waals surface area contributed by atoms with Crippen LogP contribution in [0.3, 0.4) is 0 Å². The maximum atomic E-state index is 13.9. The van der Waals surface area contributed by atoms with E-state index in [9.17, 15) is 38.8 Å². The molecular weight excluding hydrogens is 973 g/mol. The Labute approximate surface area is 389 Å². The molecule has 0 saturated heterocycles. The largest absolute Gasteiger partial charge is 0.508 e. The standard InChI is InChI=1S/C42H40N6O12S6/c1-25(2)63(50,51)47-41-43-26(3)38(61-41)27-11-21-34(58-4)36(23-27)65(54,55)46-30-15-19-32(20-16-30)60-40-39(62-42(44-40)48-64(52,53)33-9-7-6-8-10-33)28-12-22-35(59-5)37(24-28)66(56,57)45-29-13-17-31(49)18-14-29/h6-25,45-46,49H,1-5H3,(H,43,47)(H,44,48). The molecule has 0 radical (unpaired) electrons. The minimum absolute atomic E-state index is 0.00999. The summed E-state index contributed by atoms with van der Waals surface area (Å²) in [6, 6.07) is 27.4. The number of aryl methyl sites for hydroxylation is 1. The van der Waals surface area contributed by atoms with Crippen LogP contribution >= 0.6 is 22.7 Å². The van der Waals surface area contributed by atoms with Crippen molar-refractivity contribution in [2.24, 2.45) is 0 Å². The number of rotatable bonds is 18. The highest BCUT2D eigenvalue weighted by atomic mass is 32.2. The van der Waals surface area contributed by atoms with Gasteiger partial charge in [0.1, 0.15) is 37.7 Å². The average molecular weight is 1010 g/mol. The molecular formula is C42H40N6O12S6. The summed E-state index contributed by atoms with van der Waals surface area (Å²) in [6.45, 7) is 4.74. The van der Waals surface area contributed by atoms with Crippen molar-refractivity contribution < 1.29 is 53.0 Å². The van der Waals surface area contributed by atoms with Crippen LogP contribution in [0.2, 0.25) is 0 Å². The topological polar surface area (TPSA) is 258 Å². The first-order valence-corrected chi connectivity index (χ1v) is 26.9. The Hall–Kier alpha value is -6.44. The van der Waals surface area contributed by atoms with Gasteiger partial charge in [0.15, 0.2) is 5.13 Å². The molecule has 2 aromatic heterocycles. The number of hydrogen-bond donors (Lipinski definition) is 5. The number of sulfonamides is 4. The van der Waals surface area contributed by atoms with E-state index < -0.39 is 45.3 Å². The number of phenolic OH excluding ortho intramolecular Hbond substituents is 1. The average Bonchev–Trinajstić information content (AvgIpc) is 3.85. The van der Waals surface area contributed by atoms with Gasteiger partial charge >= 0.3 is 0 Å². The SMILES string of the molecule is COc1ccc(-c2sc(NS(=O)(=O)C(C)C)nc2C)cc1S(=O)(=O)Nc1ccc(Oc2nc(NS(=O)(=O)c3ccccc3)sc2-c2ccc(OC)c(S(=O)(=O)Nc3ccc(O)cc3)c2)cc1. The first kappa shape index (κ1) is 47.5. The number of thiazole rings is 2. The Bertz CT molecular complexity index is 3360. The second-order valence-corrected chi connectivity index (χ2v) is 23.5. The quantitative estimate of drug-likeness (QED) is 0.0507.